The summed E-state index contributed by atoms with van der Waals surface area (Å²) in [5.74, 6) is 0.613. The molecular weight excluding hydrogens is 463 g/mol. The van der Waals surface area contributed by atoms with Crippen molar-refractivity contribution in [3.05, 3.63) is 45.8 Å². The number of hydrogen-bond acceptors (Lipinski definition) is 6. The zero-order chi connectivity index (χ0) is 21.1. The van der Waals surface area contributed by atoms with E-state index in [-0.39, 0.29) is 12.0 Å². The summed E-state index contributed by atoms with van der Waals surface area (Å²) in [6.07, 6.45) is 2.20. The molecular formula is C20H20Cl2N4O2S2. The maximum absolute atomic E-state index is 12.8. The van der Waals surface area contributed by atoms with Gasteiger partial charge in [0.05, 0.1) is 33.5 Å². The van der Waals surface area contributed by atoms with Gasteiger partial charge in [-0.3, -0.25) is 9.36 Å². The fourth-order valence-corrected chi connectivity index (χ4v) is 5.07. The van der Waals surface area contributed by atoms with Crippen LogP contribution in [0.15, 0.2) is 40.9 Å². The topological polar surface area (TPSA) is 69.0 Å². The van der Waals surface area contributed by atoms with E-state index in [4.69, 9.17) is 27.9 Å². The number of nitrogens with one attached hydrogen (secondary N) is 1. The summed E-state index contributed by atoms with van der Waals surface area (Å²) in [7, 11) is 0. The van der Waals surface area contributed by atoms with Crippen LogP contribution in [-0.4, -0.2) is 38.6 Å². The second-order valence-electron chi connectivity index (χ2n) is 6.90. The zero-order valence-corrected chi connectivity index (χ0v) is 19.3. The number of thioether (sulfide) groups is 1. The number of anilines is 1. The fraction of sp³-hybridized carbons (Fsp3) is 0.350. The molecule has 3 heterocycles. The molecule has 3 aromatic rings. The lowest BCUT2D eigenvalue weighted by atomic mass is 10.2. The lowest BCUT2D eigenvalue weighted by Gasteiger charge is -2.16. The van der Waals surface area contributed by atoms with Gasteiger partial charge >= 0.3 is 0 Å². The minimum Gasteiger partial charge on any atom is -0.376 e. The Kier molecular flexibility index (Phi) is 7.00. The monoisotopic (exact) mass is 482 g/mol. The molecule has 158 valence electrons. The van der Waals surface area contributed by atoms with Gasteiger partial charge in [-0.05, 0) is 49.4 Å². The van der Waals surface area contributed by atoms with Crippen molar-refractivity contribution in [3.8, 4) is 10.7 Å². The van der Waals surface area contributed by atoms with Crippen LogP contribution >= 0.6 is 46.3 Å². The van der Waals surface area contributed by atoms with Gasteiger partial charge in [0.15, 0.2) is 11.0 Å². The van der Waals surface area contributed by atoms with Gasteiger partial charge in [0.2, 0.25) is 5.91 Å². The second-order valence-corrected chi connectivity index (χ2v) is 10.0. The van der Waals surface area contributed by atoms with Gasteiger partial charge < -0.3 is 10.1 Å². The number of hydrogen-bond donors (Lipinski definition) is 1. The van der Waals surface area contributed by atoms with Crippen LogP contribution in [-0.2, 0) is 16.1 Å². The largest absolute Gasteiger partial charge is 0.376 e. The van der Waals surface area contributed by atoms with Crippen LogP contribution in [0.4, 0.5) is 5.69 Å². The first-order chi connectivity index (χ1) is 14.5. The molecule has 2 aromatic heterocycles. The number of thiophene rings is 1. The van der Waals surface area contributed by atoms with Crippen molar-refractivity contribution in [2.75, 3.05) is 11.9 Å². The Morgan fingerprint density at radius 3 is 3.00 bits per heavy atom. The van der Waals surface area contributed by atoms with Gasteiger partial charge in [-0.15, -0.1) is 21.5 Å². The second kappa shape index (κ2) is 9.70. The summed E-state index contributed by atoms with van der Waals surface area (Å²) in [6, 6.07) is 8.98. The maximum atomic E-state index is 12.8. The number of rotatable bonds is 7. The van der Waals surface area contributed by atoms with Crippen LogP contribution in [0.5, 0.6) is 0 Å². The predicted molar refractivity (Wildman–Crippen MR) is 123 cm³/mol. The van der Waals surface area contributed by atoms with E-state index in [0.29, 0.717) is 27.4 Å². The molecule has 1 saturated heterocycles. The number of ether oxygens (including phenoxy) is 1. The highest BCUT2D eigenvalue weighted by atomic mass is 35.5. The first-order valence-corrected chi connectivity index (χ1v) is 12.0. The van der Waals surface area contributed by atoms with E-state index in [2.05, 4.69) is 20.1 Å². The standard InChI is InChI=1S/C20H20Cl2N4O2S2/c1-12(19(27)23-16-10-13(21)6-7-15(16)22)30-20-25-24-18(17-5-3-9-29-17)26(20)11-14-4-2-8-28-14/h3,5-7,9-10,12,14H,2,4,8,11H2,1H3,(H,23,27). The molecule has 6 nitrogen and oxygen atoms in total. The molecule has 0 radical (unpaired) electrons. The lowest BCUT2D eigenvalue weighted by molar-refractivity contribution is -0.115. The Balaban J connectivity index is 1.52. The summed E-state index contributed by atoms with van der Waals surface area (Å²) in [5, 5.41) is 14.8. The van der Waals surface area contributed by atoms with Gasteiger partial charge in [0.1, 0.15) is 0 Å². The molecule has 2 unspecified atom stereocenters. The predicted octanol–water partition coefficient (Wildman–Crippen LogP) is 5.61. The number of carbonyl (C=O) groups is 1. The highest BCUT2D eigenvalue weighted by Gasteiger charge is 2.25. The molecule has 4 rings (SSSR count). The maximum Gasteiger partial charge on any atom is 0.237 e. The molecule has 0 bridgehead atoms. The van der Waals surface area contributed by atoms with Crippen molar-refractivity contribution >= 4 is 57.9 Å². The number of benzene rings is 1. The van der Waals surface area contributed by atoms with E-state index in [1.54, 1.807) is 29.5 Å². The quantitative estimate of drug-likeness (QED) is 0.443. The molecule has 2 atom stereocenters. The number of amides is 1. The van der Waals surface area contributed by atoms with Crippen molar-refractivity contribution in [1.29, 1.82) is 0 Å². The van der Waals surface area contributed by atoms with Crippen LogP contribution in [0.25, 0.3) is 10.7 Å². The van der Waals surface area contributed by atoms with Crippen molar-refractivity contribution in [2.45, 2.75) is 42.8 Å². The summed E-state index contributed by atoms with van der Waals surface area (Å²) < 4.78 is 7.88. The fourth-order valence-electron chi connectivity index (χ4n) is 3.16. The molecule has 0 spiro atoms. The van der Waals surface area contributed by atoms with E-state index in [9.17, 15) is 4.79 Å². The van der Waals surface area contributed by atoms with Crippen molar-refractivity contribution in [3.63, 3.8) is 0 Å². The summed E-state index contributed by atoms with van der Waals surface area (Å²) in [5.41, 5.74) is 0.488. The highest BCUT2D eigenvalue weighted by Crippen LogP contribution is 2.32. The Labute approximate surface area is 192 Å². The smallest absolute Gasteiger partial charge is 0.237 e. The Morgan fingerprint density at radius 2 is 2.27 bits per heavy atom. The normalized spacial score (nSPS) is 17.2. The van der Waals surface area contributed by atoms with E-state index in [1.165, 1.54) is 11.8 Å². The van der Waals surface area contributed by atoms with Crippen molar-refractivity contribution < 1.29 is 9.53 Å². The molecule has 1 fully saturated rings. The van der Waals surface area contributed by atoms with Crippen molar-refractivity contribution in [2.24, 2.45) is 0 Å². The SMILES string of the molecule is CC(Sc1nnc(-c2cccs2)n1CC1CCCO1)C(=O)Nc1cc(Cl)ccc1Cl. The third kappa shape index (κ3) is 5.00. The summed E-state index contributed by atoms with van der Waals surface area (Å²) in [4.78, 5) is 13.8. The third-order valence-corrected chi connectivity index (χ3v) is 7.22. The van der Waals surface area contributed by atoms with Crippen LogP contribution in [0.3, 0.4) is 0 Å². The zero-order valence-electron chi connectivity index (χ0n) is 16.2. The van der Waals surface area contributed by atoms with Crippen LogP contribution in [0.1, 0.15) is 19.8 Å². The van der Waals surface area contributed by atoms with Crippen LogP contribution in [0.2, 0.25) is 10.0 Å². The highest BCUT2D eigenvalue weighted by molar-refractivity contribution is 8.00. The summed E-state index contributed by atoms with van der Waals surface area (Å²) >= 11 is 15.2. The average molecular weight is 483 g/mol. The van der Waals surface area contributed by atoms with Gasteiger partial charge in [-0.1, -0.05) is 41.0 Å². The van der Waals surface area contributed by atoms with Crippen LogP contribution in [0, 0.1) is 0 Å². The Hall–Kier alpha value is -1.58. The Morgan fingerprint density at radius 1 is 1.40 bits per heavy atom. The number of aromatic nitrogens is 3. The molecule has 1 N–H and O–H groups in total. The molecule has 10 heteroatoms. The Bertz CT molecular complexity index is 1020. The summed E-state index contributed by atoms with van der Waals surface area (Å²) in [6.45, 7) is 3.27. The van der Waals surface area contributed by atoms with Gasteiger partial charge in [0, 0.05) is 11.6 Å². The molecule has 0 aliphatic carbocycles. The van der Waals surface area contributed by atoms with Gasteiger partial charge in [-0.25, -0.2) is 0 Å². The first-order valence-electron chi connectivity index (χ1n) is 9.52. The van der Waals surface area contributed by atoms with E-state index in [1.807, 2.05) is 24.4 Å². The molecule has 0 saturated carbocycles. The number of halogens is 2. The molecule has 1 aliphatic rings. The van der Waals surface area contributed by atoms with Crippen molar-refractivity contribution in [1.82, 2.24) is 14.8 Å². The number of carbonyl (C=O) groups excluding carboxylic acids is 1. The molecule has 1 aromatic carbocycles. The average Bonchev–Trinajstić information content (AvgIpc) is 3.48. The van der Waals surface area contributed by atoms with E-state index in [0.717, 1.165) is 30.2 Å². The van der Waals surface area contributed by atoms with Crippen LogP contribution < -0.4 is 5.32 Å². The number of nitrogens with zero attached hydrogens (tertiary/aromatic N) is 3. The van der Waals surface area contributed by atoms with Gasteiger partial charge in [-0.2, -0.15) is 0 Å². The van der Waals surface area contributed by atoms with E-state index < -0.39 is 5.25 Å². The third-order valence-electron chi connectivity index (χ3n) is 4.71. The first kappa shape index (κ1) is 21.6. The minimum atomic E-state index is -0.413. The molecule has 1 aliphatic heterocycles. The van der Waals surface area contributed by atoms with Gasteiger partial charge in [0.25, 0.3) is 0 Å². The molecule has 30 heavy (non-hydrogen) atoms. The molecule has 1 amide bonds. The van der Waals surface area contributed by atoms with E-state index >= 15 is 0 Å². The lowest BCUT2D eigenvalue weighted by Crippen LogP contribution is -2.24. The minimum absolute atomic E-state index is 0.133.